The molecule has 1 saturated heterocycles. The van der Waals surface area contributed by atoms with Crippen molar-refractivity contribution in [1.29, 1.82) is 5.26 Å². The summed E-state index contributed by atoms with van der Waals surface area (Å²) in [4.78, 5) is 10.8. The number of nitrogens with one attached hydrogen (secondary N) is 1. The fourth-order valence-electron chi connectivity index (χ4n) is 2.50. The molecule has 1 aliphatic heterocycles. The van der Waals surface area contributed by atoms with Gasteiger partial charge in [-0.3, -0.25) is 4.98 Å². The zero-order chi connectivity index (χ0) is 13.8. The molecule has 5 nitrogen and oxygen atoms in total. The smallest absolute Gasteiger partial charge is 0.147 e. The third kappa shape index (κ3) is 2.46. The number of rotatable bonds is 2. The third-order valence-corrected chi connectivity index (χ3v) is 3.51. The summed E-state index contributed by atoms with van der Waals surface area (Å²) in [5, 5.41) is 12.3. The maximum Gasteiger partial charge on any atom is 0.147 e. The highest BCUT2D eigenvalue weighted by molar-refractivity contribution is 5.43. The Balaban J connectivity index is 1.90. The fraction of sp³-hybridized carbons (Fsp3) is 0.267. The third-order valence-electron chi connectivity index (χ3n) is 3.51. The van der Waals surface area contributed by atoms with Gasteiger partial charge in [0.25, 0.3) is 0 Å². The average Bonchev–Trinajstić information content (AvgIpc) is 2.56. The molecule has 0 amide bonds. The molecule has 1 aliphatic rings. The van der Waals surface area contributed by atoms with E-state index < -0.39 is 0 Å². The van der Waals surface area contributed by atoms with Crippen molar-refractivity contribution in [3.63, 3.8) is 0 Å². The number of nitriles is 1. The first-order valence-corrected chi connectivity index (χ1v) is 6.62. The van der Waals surface area contributed by atoms with Gasteiger partial charge >= 0.3 is 0 Å². The standard InChI is InChI=1S/C15H15N5/c16-9-12-1-3-13(4-2-12)14-10-18-7-8-20(14)15-11-17-5-6-19-15/h1-6,11,14,18H,7-8,10H2. The van der Waals surface area contributed by atoms with Gasteiger partial charge in [-0.2, -0.15) is 5.26 Å². The van der Waals surface area contributed by atoms with Crippen molar-refractivity contribution >= 4 is 5.82 Å². The van der Waals surface area contributed by atoms with E-state index in [1.54, 1.807) is 18.6 Å². The maximum atomic E-state index is 8.88. The first kappa shape index (κ1) is 12.6. The van der Waals surface area contributed by atoms with Crippen LogP contribution >= 0.6 is 0 Å². The Kier molecular flexibility index (Phi) is 3.57. The molecule has 1 fully saturated rings. The van der Waals surface area contributed by atoms with E-state index in [9.17, 15) is 0 Å². The van der Waals surface area contributed by atoms with Crippen LogP contribution in [0.5, 0.6) is 0 Å². The minimum absolute atomic E-state index is 0.216. The molecule has 1 unspecified atom stereocenters. The summed E-state index contributed by atoms with van der Waals surface area (Å²) in [5.74, 6) is 0.892. The topological polar surface area (TPSA) is 64.8 Å². The van der Waals surface area contributed by atoms with Gasteiger partial charge in [0, 0.05) is 32.0 Å². The maximum absolute atomic E-state index is 8.88. The lowest BCUT2D eigenvalue weighted by molar-refractivity contribution is 0.486. The molecule has 0 saturated carbocycles. The molecule has 0 spiro atoms. The highest BCUT2D eigenvalue weighted by atomic mass is 15.3. The van der Waals surface area contributed by atoms with Crippen LogP contribution in [0.3, 0.4) is 0 Å². The van der Waals surface area contributed by atoms with Crippen LogP contribution < -0.4 is 10.2 Å². The first-order chi connectivity index (χ1) is 9.88. The van der Waals surface area contributed by atoms with Crippen LogP contribution in [-0.2, 0) is 0 Å². The molecule has 2 heterocycles. The summed E-state index contributed by atoms with van der Waals surface area (Å²) >= 11 is 0. The zero-order valence-electron chi connectivity index (χ0n) is 11.0. The van der Waals surface area contributed by atoms with Gasteiger partial charge in [-0.15, -0.1) is 0 Å². The first-order valence-electron chi connectivity index (χ1n) is 6.62. The van der Waals surface area contributed by atoms with Crippen molar-refractivity contribution in [2.24, 2.45) is 0 Å². The Morgan fingerprint density at radius 1 is 1.25 bits per heavy atom. The van der Waals surface area contributed by atoms with E-state index in [2.05, 4.69) is 26.3 Å². The highest BCUT2D eigenvalue weighted by Crippen LogP contribution is 2.26. The Bertz CT molecular complexity index is 602. The molecule has 0 aliphatic carbocycles. The molecule has 1 aromatic carbocycles. The van der Waals surface area contributed by atoms with Gasteiger partial charge in [-0.1, -0.05) is 12.1 Å². The van der Waals surface area contributed by atoms with Gasteiger partial charge in [0.05, 0.1) is 23.9 Å². The molecule has 20 heavy (non-hydrogen) atoms. The quantitative estimate of drug-likeness (QED) is 0.891. The number of piperazine rings is 1. The second kappa shape index (κ2) is 5.68. The average molecular weight is 265 g/mol. The normalized spacial score (nSPS) is 18.6. The summed E-state index contributed by atoms with van der Waals surface area (Å²) < 4.78 is 0. The summed E-state index contributed by atoms with van der Waals surface area (Å²) in [5.41, 5.74) is 1.87. The predicted molar refractivity (Wildman–Crippen MR) is 76.1 cm³/mol. The Hall–Kier alpha value is -2.45. The van der Waals surface area contributed by atoms with E-state index in [-0.39, 0.29) is 6.04 Å². The molecular formula is C15H15N5. The molecule has 0 bridgehead atoms. The van der Waals surface area contributed by atoms with Crippen LogP contribution in [0.4, 0.5) is 5.82 Å². The van der Waals surface area contributed by atoms with Crippen LogP contribution in [0.25, 0.3) is 0 Å². The monoisotopic (exact) mass is 265 g/mol. The van der Waals surface area contributed by atoms with Crippen molar-refractivity contribution < 1.29 is 0 Å². The van der Waals surface area contributed by atoms with Crippen molar-refractivity contribution in [2.45, 2.75) is 6.04 Å². The lowest BCUT2D eigenvalue weighted by Crippen LogP contribution is -2.46. The van der Waals surface area contributed by atoms with E-state index in [0.717, 1.165) is 25.5 Å². The fourth-order valence-corrected chi connectivity index (χ4v) is 2.50. The van der Waals surface area contributed by atoms with Crippen molar-refractivity contribution in [1.82, 2.24) is 15.3 Å². The number of hydrogen-bond donors (Lipinski definition) is 1. The van der Waals surface area contributed by atoms with E-state index in [1.807, 2.05) is 24.3 Å². The van der Waals surface area contributed by atoms with Crippen LogP contribution in [0, 0.1) is 11.3 Å². The molecule has 5 heteroatoms. The van der Waals surface area contributed by atoms with Crippen molar-refractivity contribution in [3.05, 3.63) is 54.0 Å². The van der Waals surface area contributed by atoms with Gasteiger partial charge in [0.1, 0.15) is 5.82 Å². The lowest BCUT2D eigenvalue weighted by atomic mass is 10.0. The molecule has 0 radical (unpaired) electrons. The largest absolute Gasteiger partial charge is 0.346 e. The molecule has 1 N–H and O–H groups in total. The van der Waals surface area contributed by atoms with E-state index >= 15 is 0 Å². The molecule has 100 valence electrons. The number of hydrogen-bond acceptors (Lipinski definition) is 5. The van der Waals surface area contributed by atoms with Gasteiger partial charge in [0.15, 0.2) is 0 Å². The van der Waals surface area contributed by atoms with Gasteiger partial charge in [0.2, 0.25) is 0 Å². The Morgan fingerprint density at radius 2 is 2.10 bits per heavy atom. The number of aromatic nitrogens is 2. The molecule has 2 aromatic rings. The lowest BCUT2D eigenvalue weighted by Gasteiger charge is -2.37. The van der Waals surface area contributed by atoms with Crippen molar-refractivity contribution in [3.8, 4) is 6.07 Å². The summed E-state index contributed by atoms with van der Waals surface area (Å²) in [7, 11) is 0. The number of benzene rings is 1. The number of anilines is 1. The SMILES string of the molecule is N#Cc1ccc(C2CNCCN2c2cnccn2)cc1. The van der Waals surface area contributed by atoms with E-state index in [4.69, 9.17) is 5.26 Å². The van der Waals surface area contributed by atoms with E-state index in [1.165, 1.54) is 5.56 Å². The minimum Gasteiger partial charge on any atom is -0.346 e. The second-order valence-corrected chi connectivity index (χ2v) is 4.71. The van der Waals surface area contributed by atoms with Gasteiger partial charge in [-0.25, -0.2) is 4.98 Å². The molecule has 3 rings (SSSR count). The summed E-state index contributed by atoms with van der Waals surface area (Å²) in [6, 6.07) is 10.1. The zero-order valence-corrected chi connectivity index (χ0v) is 11.0. The minimum atomic E-state index is 0.216. The van der Waals surface area contributed by atoms with E-state index in [0.29, 0.717) is 5.56 Å². The molecule has 1 aromatic heterocycles. The predicted octanol–water partition coefficient (Wildman–Crippen LogP) is 1.50. The van der Waals surface area contributed by atoms with Crippen LogP contribution in [0.2, 0.25) is 0 Å². The number of nitrogens with zero attached hydrogens (tertiary/aromatic N) is 4. The molecule has 1 atom stereocenters. The summed E-state index contributed by atoms with van der Waals surface area (Å²) in [6.07, 6.45) is 5.19. The van der Waals surface area contributed by atoms with Crippen molar-refractivity contribution in [2.75, 3.05) is 24.5 Å². The van der Waals surface area contributed by atoms with Crippen LogP contribution in [0.15, 0.2) is 42.9 Å². The Morgan fingerprint density at radius 3 is 2.80 bits per heavy atom. The second-order valence-electron chi connectivity index (χ2n) is 4.71. The van der Waals surface area contributed by atoms with Crippen LogP contribution in [-0.4, -0.2) is 29.6 Å². The molecular weight excluding hydrogens is 250 g/mol. The van der Waals surface area contributed by atoms with Gasteiger partial charge < -0.3 is 10.2 Å². The van der Waals surface area contributed by atoms with Gasteiger partial charge in [-0.05, 0) is 17.7 Å². The Labute approximate surface area is 117 Å². The summed E-state index contributed by atoms with van der Waals surface area (Å²) in [6.45, 7) is 2.69. The van der Waals surface area contributed by atoms with Crippen LogP contribution in [0.1, 0.15) is 17.2 Å². The highest BCUT2D eigenvalue weighted by Gasteiger charge is 2.24.